The molecule has 1 aromatic heterocycles. The number of nitrogens with one attached hydrogen (secondary N) is 1. The molecular weight excluding hydrogens is 606 g/mol. The SMILES string of the molecule is CCCCCCCC/C=C\CCCCCCCC(=O)Oc1cc2cc[nH]c2cc1OC(=O)CCCCCCC/C=C\CCCCCCCC. The van der Waals surface area contributed by atoms with Crippen LogP contribution in [0.2, 0.25) is 0 Å². The van der Waals surface area contributed by atoms with Gasteiger partial charge in [-0.15, -0.1) is 0 Å². The minimum Gasteiger partial charge on any atom is -0.422 e. The maximum Gasteiger partial charge on any atom is 0.311 e. The average Bonchev–Trinajstić information content (AvgIpc) is 3.55. The van der Waals surface area contributed by atoms with E-state index in [0.29, 0.717) is 24.3 Å². The maximum absolute atomic E-state index is 12.7. The number of aromatic amines is 1. The van der Waals surface area contributed by atoms with Crippen LogP contribution in [0.5, 0.6) is 11.5 Å². The van der Waals surface area contributed by atoms with Gasteiger partial charge in [0.25, 0.3) is 0 Å². The molecule has 5 heteroatoms. The van der Waals surface area contributed by atoms with Crippen LogP contribution in [-0.4, -0.2) is 16.9 Å². The smallest absolute Gasteiger partial charge is 0.311 e. The third-order valence-electron chi connectivity index (χ3n) is 9.35. The molecule has 1 heterocycles. The lowest BCUT2D eigenvalue weighted by atomic mass is 10.1. The quantitative estimate of drug-likeness (QED) is 0.0362. The summed E-state index contributed by atoms with van der Waals surface area (Å²) in [7, 11) is 0. The van der Waals surface area contributed by atoms with Crippen LogP contribution < -0.4 is 9.47 Å². The second-order valence-electron chi connectivity index (χ2n) is 14.0. The van der Waals surface area contributed by atoms with Crippen molar-refractivity contribution in [2.24, 2.45) is 0 Å². The van der Waals surface area contributed by atoms with Gasteiger partial charge in [-0.3, -0.25) is 9.59 Å². The van der Waals surface area contributed by atoms with Gasteiger partial charge in [0.05, 0.1) is 0 Å². The molecule has 276 valence electrons. The molecule has 0 aliphatic carbocycles. The van der Waals surface area contributed by atoms with E-state index in [1.807, 2.05) is 12.3 Å². The number of esters is 2. The summed E-state index contributed by atoms with van der Waals surface area (Å²) >= 11 is 0. The van der Waals surface area contributed by atoms with Gasteiger partial charge < -0.3 is 14.5 Å². The molecule has 2 rings (SSSR count). The number of allylic oxidation sites excluding steroid dienone is 4. The lowest BCUT2D eigenvalue weighted by Crippen LogP contribution is -2.12. The fourth-order valence-corrected chi connectivity index (χ4v) is 6.25. The number of hydrogen-bond acceptors (Lipinski definition) is 4. The Morgan fingerprint density at radius 2 is 0.878 bits per heavy atom. The Morgan fingerprint density at radius 1 is 0.510 bits per heavy atom. The van der Waals surface area contributed by atoms with Gasteiger partial charge in [0.2, 0.25) is 0 Å². The number of carbonyl (C=O) groups excluding carboxylic acids is 2. The summed E-state index contributed by atoms with van der Waals surface area (Å²) < 4.78 is 11.5. The summed E-state index contributed by atoms with van der Waals surface area (Å²) in [5.74, 6) is 0.0773. The van der Waals surface area contributed by atoms with Crippen molar-refractivity contribution < 1.29 is 19.1 Å². The molecule has 0 aliphatic rings. The highest BCUT2D eigenvalue weighted by Crippen LogP contribution is 2.33. The fourth-order valence-electron chi connectivity index (χ4n) is 6.25. The topological polar surface area (TPSA) is 68.4 Å². The highest BCUT2D eigenvalue weighted by Gasteiger charge is 2.16. The summed E-state index contributed by atoms with van der Waals surface area (Å²) in [5.41, 5.74) is 0.848. The molecule has 0 saturated carbocycles. The van der Waals surface area contributed by atoms with E-state index in [1.54, 1.807) is 12.1 Å². The Kier molecular flexibility index (Phi) is 26.0. The number of unbranched alkanes of at least 4 members (excludes halogenated alkanes) is 22. The summed E-state index contributed by atoms with van der Waals surface area (Å²) in [4.78, 5) is 28.6. The van der Waals surface area contributed by atoms with Gasteiger partial charge in [0.15, 0.2) is 11.5 Å². The molecule has 0 unspecified atom stereocenters. The number of rotatable bonds is 32. The van der Waals surface area contributed by atoms with Gasteiger partial charge in [0.1, 0.15) is 0 Å². The van der Waals surface area contributed by atoms with Crippen molar-refractivity contribution in [1.82, 2.24) is 4.98 Å². The molecule has 0 amide bonds. The minimum atomic E-state index is -0.280. The van der Waals surface area contributed by atoms with Crippen molar-refractivity contribution in [2.75, 3.05) is 0 Å². The fraction of sp³-hybridized carbons (Fsp3) is 0.682. The zero-order chi connectivity index (χ0) is 35.0. The molecular formula is C44H71NO4. The van der Waals surface area contributed by atoms with Crippen molar-refractivity contribution in [3.05, 3.63) is 48.7 Å². The molecule has 0 atom stereocenters. The molecule has 2 aromatic rings. The number of hydrogen-bond donors (Lipinski definition) is 1. The van der Waals surface area contributed by atoms with Crippen LogP contribution in [0.15, 0.2) is 48.7 Å². The molecule has 0 radical (unpaired) electrons. The Hall–Kier alpha value is -2.82. The first-order chi connectivity index (χ1) is 24.1. The van der Waals surface area contributed by atoms with E-state index in [4.69, 9.17) is 9.47 Å². The highest BCUT2D eigenvalue weighted by atomic mass is 16.6. The second-order valence-corrected chi connectivity index (χ2v) is 14.0. The molecule has 1 aromatic carbocycles. The summed E-state index contributed by atoms with van der Waals surface area (Å²) in [6.07, 6.45) is 43.6. The van der Waals surface area contributed by atoms with Crippen molar-refractivity contribution in [1.29, 1.82) is 0 Å². The zero-order valence-corrected chi connectivity index (χ0v) is 31.6. The molecule has 0 saturated heterocycles. The van der Waals surface area contributed by atoms with Crippen LogP contribution in [0, 0.1) is 0 Å². The summed E-state index contributed by atoms with van der Waals surface area (Å²) in [6, 6.07) is 5.47. The number of carbonyl (C=O) groups is 2. The first kappa shape index (κ1) is 42.3. The van der Waals surface area contributed by atoms with E-state index < -0.39 is 0 Å². The molecule has 49 heavy (non-hydrogen) atoms. The van der Waals surface area contributed by atoms with Crippen molar-refractivity contribution in [3.63, 3.8) is 0 Å². The molecule has 0 spiro atoms. The number of benzene rings is 1. The zero-order valence-electron chi connectivity index (χ0n) is 31.6. The highest BCUT2D eigenvalue weighted by molar-refractivity contribution is 5.86. The van der Waals surface area contributed by atoms with Gasteiger partial charge in [-0.1, -0.05) is 141 Å². The van der Waals surface area contributed by atoms with Gasteiger partial charge in [0, 0.05) is 36.0 Å². The predicted octanol–water partition coefficient (Wildman–Crippen LogP) is 14.1. The first-order valence-electron chi connectivity index (χ1n) is 20.5. The van der Waals surface area contributed by atoms with Gasteiger partial charge in [-0.05, 0) is 76.3 Å². The number of fused-ring (bicyclic) bond motifs is 1. The van der Waals surface area contributed by atoms with Gasteiger partial charge in [-0.2, -0.15) is 0 Å². The molecule has 0 fully saturated rings. The van der Waals surface area contributed by atoms with Crippen LogP contribution >= 0.6 is 0 Å². The molecule has 0 bridgehead atoms. The Labute approximate surface area is 300 Å². The van der Waals surface area contributed by atoms with Gasteiger partial charge >= 0.3 is 11.9 Å². The Bertz CT molecular complexity index is 1070. The minimum absolute atomic E-state index is 0.276. The predicted molar refractivity (Wildman–Crippen MR) is 208 cm³/mol. The Balaban J connectivity index is 1.56. The van der Waals surface area contributed by atoms with Crippen LogP contribution in [0.25, 0.3) is 10.9 Å². The van der Waals surface area contributed by atoms with E-state index in [9.17, 15) is 9.59 Å². The number of aromatic nitrogens is 1. The monoisotopic (exact) mass is 678 g/mol. The van der Waals surface area contributed by atoms with Gasteiger partial charge in [-0.25, -0.2) is 0 Å². The van der Waals surface area contributed by atoms with Crippen LogP contribution in [0.4, 0.5) is 0 Å². The molecule has 1 N–H and O–H groups in total. The van der Waals surface area contributed by atoms with Crippen molar-refractivity contribution in [3.8, 4) is 11.5 Å². The van der Waals surface area contributed by atoms with Crippen LogP contribution in [0.1, 0.15) is 194 Å². The number of H-pyrrole nitrogens is 1. The summed E-state index contributed by atoms with van der Waals surface area (Å²) in [5, 5.41) is 0.917. The Morgan fingerprint density at radius 3 is 1.31 bits per heavy atom. The largest absolute Gasteiger partial charge is 0.422 e. The average molecular weight is 678 g/mol. The van der Waals surface area contributed by atoms with E-state index in [0.717, 1.165) is 62.3 Å². The van der Waals surface area contributed by atoms with E-state index in [2.05, 4.69) is 43.1 Å². The third kappa shape index (κ3) is 22.5. The van der Waals surface area contributed by atoms with Crippen LogP contribution in [0.3, 0.4) is 0 Å². The van der Waals surface area contributed by atoms with Crippen molar-refractivity contribution >= 4 is 22.8 Å². The standard InChI is InChI=1S/C44H71NO4/c1-3-5-7-9-11-13-15-17-19-21-23-25-27-29-31-33-43(46)48-41-37-39-35-36-45-40(39)38-42(41)49-44(47)34-32-30-28-26-24-22-20-18-16-14-12-10-8-6-4-2/h17-20,35-38,45H,3-16,21-34H2,1-2H3/b19-17-,20-18-. The van der Waals surface area contributed by atoms with E-state index in [-0.39, 0.29) is 11.9 Å². The third-order valence-corrected chi connectivity index (χ3v) is 9.35. The lowest BCUT2D eigenvalue weighted by molar-refractivity contribution is -0.137. The van der Waals surface area contributed by atoms with E-state index >= 15 is 0 Å². The van der Waals surface area contributed by atoms with Crippen molar-refractivity contribution in [2.45, 2.75) is 194 Å². The van der Waals surface area contributed by atoms with Crippen LogP contribution in [-0.2, 0) is 9.59 Å². The lowest BCUT2D eigenvalue weighted by Gasteiger charge is -2.11. The molecule has 0 aliphatic heterocycles. The second kappa shape index (κ2) is 30.0. The maximum atomic E-state index is 12.7. The normalized spacial score (nSPS) is 11.7. The van der Waals surface area contributed by atoms with E-state index in [1.165, 1.54) is 116 Å². The summed E-state index contributed by atoms with van der Waals surface area (Å²) in [6.45, 7) is 4.53. The molecule has 5 nitrogen and oxygen atoms in total. The number of ether oxygens (including phenoxy) is 2. The first-order valence-corrected chi connectivity index (χ1v) is 20.5.